The number of nitrogens with zero attached hydrogens (tertiary/aromatic N) is 7. The number of guanidine groups is 1. The first-order valence-electron chi connectivity index (χ1n) is 25.5. The van der Waals surface area contributed by atoms with Gasteiger partial charge in [-0.15, -0.1) is 11.3 Å². The number of carbonyl (C=O) groups excluding carboxylic acids is 3. The highest BCUT2D eigenvalue weighted by Crippen LogP contribution is 2.51. The molecule has 6 aromatic rings. The molecule has 4 aromatic carbocycles. The van der Waals surface area contributed by atoms with Crippen molar-refractivity contribution >= 4 is 64.0 Å². The molecule has 7 rings (SSSR count). The van der Waals surface area contributed by atoms with Gasteiger partial charge < -0.3 is 40.0 Å². The van der Waals surface area contributed by atoms with E-state index in [1.54, 1.807) is 31.2 Å². The fourth-order valence-electron chi connectivity index (χ4n) is 9.05. The van der Waals surface area contributed by atoms with Crippen LogP contribution in [0.3, 0.4) is 0 Å². The number of ether oxygens (including phenoxy) is 4. The van der Waals surface area contributed by atoms with E-state index in [0.29, 0.717) is 24.2 Å². The molecular formula is C57H74Cl2N10O10S. The molecule has 1 saturated carbocycles. The van der Waals surface area contributed by atoms with Crippen molar-refractivity contribution in [3.05, 3.63) is 167 Å². The van der Waals surface area contributed by atoms with Gasteiger partial charge in [-0.25, -0.2) is 24.9 Å². The zero-order valence-corrected chi connectivity index (χ0v) is 49.7. The van der Waals surface area contributed by atoms with Crippen molar-refractivity contribution < 1.29 is 43.5 Å². The number of rotatable bonds is 18. The topological polar surface area (TPSA) is 247 Å². The van der Waals surface area contributed by atoms with E-state index in [1.807, 2.05) is 107 Å². The lowest BCUT2D eigenvalue weighted by Gasteiger charge is -2.40. The third kappa shape index (κ3) is 18.8. The van der Waals surface area contributed by atoms with E-state index < -0.39 is 28.7 Å². The molecule has 4 N–H and O–H groups in total. The second kappa shape index (κ2) is 31.7. The van der Waals surface area contributed by atoms with E-state index in [4.69, 9.17) is 42.1 Å². The normalized spacial score (nSPS) is 15.9. The Bertz CT molecular complexity index is 2960. The summed E-state index contributed by atoms with van der Waals surface area (Å²) in [7, 11) is 7.42. The highest BCUT2D eigenvalue weighted by atomic mass is 35.5. The molecule has 0 bridgehead atoms. The van der Waals surface area contributed by atoms with Crippen molar-refractivity contribution in [3.63, 3.8) is 0 Å². The van der Waals surface area contributed by atoms with Crippen LogP contribution in [0.25, 0.3) is 0 Å². The molecule has 4 unspecified atom stereocenters. The minimum absolute atomic E-state index is 0.0875. The van der Waals surface area contributed by atoms with Crippen LogP contribution in [0.15, 0.2) is 109 Å². The molecule has 0 radical (unpaired) electrons. The van der Waals surface area contributed by atoms with Gasteiger partial charge in [0.1, 0.15) is 42.8 Å². The first-order chi connectivity index (χ1) is 38.0. The molecule has 20 nitrogen and oxygen atoms in total. The Morgan fingerprint density at radius 2 is 1.65 bits per heavy atom. The van der Waals surface area contributed by atoms with Crippen molar-refractivity contribution in [3.8, 4) is 5.75 Å². The third-order valence-corrected chi connectivity index (χ3v) is 14.9. The lowest BCUT2D eigenvalue weighted by Crippen LogP contribution is -2.49. The van der Waals surface area contributed by atoms with Crippen molar-refractivity contribution in [2.24, 2.45) is 16.4 Å². The smallest absolute Gasteiger partial charge is 0.328 e. The van der Waals surface area contributed by atoms with Crippen molar-refractivity contribution in [1.82, 2.24) is 35.7 Å². The average molecular weight is 1160 g/mol. The summed E-state index contributed by atoms with van der Waals surface area (Å²) in [6.07, 6.45) is 7.02. The second-order valence-corrected chi connectivity index (χ2v) is 21.6. The maximum absolute atomic E-state index is 12.3. The van der Waals surface area contributed by atoms with Gasteiger partial charge in [-0.3, -0.25) is 19.2 Å². The molecule has 0 spiro atoms. The van der Waals surface area contributed by atoms with E-state index in [2.05, 4.69) is 56.0 Å². The minimum Gasteiger partial charge on any atom is -0.489 e. The third-order valence-electron chi connectivity index (χ3n) is 13.5. The molecule has 1 aliphatic rings. The minimum atomic E-state index is -0.791. The number of benzene rings is 4. The van der Waals surface area contributed by atoms with Crippen LogP contribution >= 0.6 is 34.5 Å². The van der Waals surface area contributed by atoms with Crippen LogP contribution in [-0.4, -0.2) is 107 Å². The first kappa shape index (κ1) is 65.5. The number of likely N-dealkylation sites (N-methyl/N-ethyl adjacent to an activating group) is 1. The Balaban J connectivity index is 0.000000232. The molecular weight excluding hydrogens is 1090 g/mol. The SMILES string of the molecule is CC1(C)CCC(Cc2ccc(Cl)cc2)C1(O)Cn1cncn1.CN/C(=N\[N+](=O)[O-])NCc1cnc(Cl)s1.CNC(=O)C(OC)c1ccccc1COc1cc(C)ccc1C.COCC(=O)N(c1c(C)cccc1C)C(C)C(=O)OC. The van der Waals surface area contributed by atoms with Crippen molar-refractivity contribution in [2.75, 3.05) is 46.9 Å². The number of carbonyl (C=O) groups is 3. The number of amides is 2. The molecule has 80 heavy (non-hydrogen) atoms. The van der Waals surface area contributed by atoms with Gasteiger partial charge in [-0.1, -0.05) is 104 Å². The van der Waals surface area contributed by atoms with E-state index in [-0.39, 0.29) is 35.7 Å². The summed E-state index contributed by atoms with van der Waals surface area (Å²) in [5.41, 5.74) is 6.84. The summed E-state index contributed by atoms with van der Waals surface area (Å²) in [4.78, 5) is 56.3. The molecule has 2 amide bonds. The highest BCUT2D eigenvalue weighted by Gasteiger charge is 2.54. The Morgan fingerprint density at radius 3 is 2.23 bits per heavy atom. The lowest BCUT2D eigenvalue weighted by atomic mass is 9.72. The summed E-state index contributed by atoms with van der Waals surface area (Å²) < 4.78 is 23.1. The number of hydrogen-bond acceptors (Lipinski definition) is 14. The van der Waals surface area contributed by atoms with Gasteiger partial charge in [0.2, 0.25) is 0 Å². The van der Waals surface area contributed by atoms with Gasteiger partial charge in [0.05, 0.1) is 31.5 Å². The molecule has 4 atom stereocenters. The van der Waals surface area contributed by atoms with Gasteiger partial charge in [0.15, 0.2) is 15.6 Å². The van der Waals surface area contributed by atoms with E-state index >= 15 is 0 Å². The number of aromatic nitrogens is 4. The van der Waals surface area contributed by atoms with Gasteiger partial charge >= 0.3 is 5.97 Å². The molecule has 1 fully saturated rings. The summed E-state index contributed by atoms with van der Waals surface area (Å²) >= 11 is 12.9. The fraction of sp³-hybridized carbons (Fsp3) is 0.421. The van der Waals surface area contributed by atoms with Crippen LogP contribution in [0.5, 0.6) is 5.75 Å². The van der Waals surface area contributed by atoms with Crippen LogP contribution in [0.4, 0.5) is 5.69 Å². The maximum atomic E-state index is 12.3. The van der Waals surface area contributed by atoms with Gasteiger partial charge in [-0.05, 0) is 122 Å². The van der Waals surface area contributed by atoms with E-state index in [1.165, 1.54) is 56.5 Å². The molecule has 0 saturated heterocycles. The van der Waals surface area contributed by atoms with E-state index in [9.17, 15) is 29.6 Å². The molecule has 2 heterocycles. The molecule has 23 heteroatoms. The number of nitrogens with one attached hydrogen (secondary N) is 3. The van der Waals surface area contributed by atoms with Gasteiger partial charge in [0.25, 0.3) is 17.8 Å². The molecule has 432 valence electrons. The number of methoxy groups -OCH3 is 3. The van der Waals surface area contributed by atoms with Crippen LogP contribution < -0.4 is 25.6 Å². The van der Waals surface area contributed by atoms with Gasteiger partial charge in [-0.2, -0.15) is 5.10 Å². The molecule has 2 aromatic heterocycles. The zero-order chi connectivity index (χ0) is 59.2. The summed E-state index contributed by atoms with van der Waals surface area (Å²) in [6.45, 7) is 15.0. The van der Waals surface area contributed by atoms with Crippen LogP contribution in [0.2, 0.25) is 9.49 Å². The number of halogens is 2. The number of hydrazone groups is 1. The van der Waals surface area contributed by atoms with Crippen LogP contribution in [-0.2, 0) is 54.7 Å². The van der Waals surface area contributed by atoms with Crippen LogP contribution in [0, 0.1) is 49.1 Å². The number of aliphatic hydroxyl groups is 1. The first-order valence-corrected chi connectivity index (χ1v) is 27.1. The quantitative estimate of drug-likeness (QED) is 0.0206. The number of anilines is 1. The van der Waals surface area contributed by atoms with Gasteiger partial charge in [0, 0.05) is 44.4 Å². The number of nitro groups is 1. The number of esters is 1. The molecule has 0 aliphatic heterocycles. The van der Waals surface area contributed by atoms with E-state index in [0.717, 1.165) is 74.0 Å². The monoisotopic (exact) mass is 1160 g/mol. The lowest BCUT2D eigenvalue weighted by molar-refractivity contribution is -0.485. The summed E-state index contributed by atoms with van der Waals surface area (Å²) in [6, 6.07) is 26.7. The fourth-order valence-corrected chi connectivity index (χ4v) is 10.1. The highest BCUT2D eigenvalue weighted by molar-refractivity contribution is 7.15. The number of aryl methyl sites for hydroxylation is 4. The zero-order valence-electron chi connectivity index (χ0n) is 47.4. The summed E-state index contributed by atoms with van der Waals surface area (Å²) in [5, 5.41) is 36.7. The Kier molecular flexibility index (Phi) is 26.0. The Labute approximate surface area is 482 Å². The Hall–Kier alpha value is -7.01. The Morgan fingerprint density at radius 1 is 0.963 bits per heavy atom. The second-order valence-electron chi connectivity index (χ2n) is 19.5. The van der Waals surface area contributed by atoms with Crippen LogP contribution in [0.1, 0.15) is 83.5 Å². The average Bonchev–Trinajstić information content (AvgIpc) is 4.25. The number of hydrogen-bond donors (Lipinski definition) is 4. The predicted molar refractivity (Wildman–Crippen MR) is 311 cm³/mol. The number of thiazole rings is 1. The standard InChI is InChI=1S/C19H23NO3.C17H22ClN3O.C15H21NO4.C6H8ClN5O2S/c1-13-9-10-14(2)17(11-13)23-12-15-7-5-6-8-16(15)18(22-4)19(21)20-3;1-16(2)8-7-14(9-13-3-5-15(18)6-4-13)17(16,22)10-21-12-19-11-20-21;1-10-7-6-8-11(2)14(10)16(13(17)9-19-4)12(3)15(18)20-5;1-8-6(11-12(13)14)10-3-4-2-9-5(7)15-4/h5-11,18H,12H2,1-4H3,(H,20,21);3-6,11-12,14,22H,7-10H2,1-2H3;6-8,12H,9H2,1-5H3;2H,3H2,1H3,(H2,8,10,11). The summed E-state index contributed by atoms with van der Waals surface area (Å²) in [5.74, 6) is 0.234. The molecule has 1 aliphatic carbocycles. The van der Waals surface area contributed by atoms with Crippen molar-refractivity contribution in [2.45, 2.75) is 105 Å². The van der Waals surface area contributed by atoms with Crippen molar-refractivity contribution in [1.29, 1.82) is 0 Å². The predicted octanol–water partition coefficient (Wildman–Crippen LogP) is 9.15. The maximum Gasteiger partial charge on any atom is 0.328 e. The number of para-hydroxylation sites is 1. The largest absolute Gasteiger partial charge is 0.489 e.